The molecule has 0 bridgehead atoms. The number of nitrogens with zero attached hydrogens (tertiary/aromatic N) is 1. The number of phenols is 1. The van der Waals surface area contributed by atoms with Crippen molar-refractivity contribution in [3.8, 4) is 11.5 Å². The number of aliphatic hydroxyl groups excluding tert-OH is 1. The van der Waals surface area contributed by atoms with Crippen molar-refractivity contribution in [2.45, 2.75) is 24.7 Å². The number of aromatic amines is 1. The van der Waals surface area contributed by atoms with Gasteiger partial charge < -0.3 is 40.4 Å². The fourth-order valence-electron chi connectivity index (χ4n) is 6.37. The Morgan fingerprint density at radius 2 is 1.76 bits per heavy atom. The summed E-state index contributed by atoms with van der Waals surface area (Å²) in [5.41, 5.74) is 1.43. The van der Waals surface area contributed by atoms with Crippen molar-refractivity contribution in [3.63, 3.8) is 0 Å². The molecule has 0 radical (unpaired) electrons. The van der Waals surface area contributed by atoms with Crippen molar-refractivity contribution >= 4 is 28.4 Å². The number of hydrogen-bond donors (Lipinski definition) is 6. The number of amides is 1. The van der Waals surface area contributed by atoms with Crippen LogP contribution >= 0.6 is 0 Å². The van der Waals surface area contributed by atoms with Gasteiger partial charge in [0.2, 0.25) is 11.2 Å². The van der Waals surface area contributed by atoms with Crippen LogP contribution in [0.4, 0.5) is 0 Å². The molecule has 6 N–H and O–H groups in total. The van der Waals surface area contributed by atoms with Gasteiger partial charge in [-0.1, -0.05) is 66.7 Å². The number of nitrogens with one attached hydrogen (secondary N) is 2. The monoisotopic (exact) mass is 675 g/mol. The Morgan fingerprint density at radius 1 is 0.980 bits per heavy atom. The fraction of sp³-hybridized carbons (Fsp3) is 0.205. The van der Waals surface area contributed by atoms with Gasteiger partial charge in [0, 0.05) is 54.3 Å². The number of carbonyl (C=O) groups is 2. The van der Waals surface area contributed by atoms with E-state index in [1.807, 2.05) is 12.1 Å². The quantitative estimate of drug-likeness (QED) is 0.119. The lowest BCUT2D eigenvalue weighted by Gasteiger charge is -2.29. The molecule has 1 amide bonds. The molecule has 1 aliphatic heterocycles. The third-order valence-corrected chi connectivity index (χ3v) is 9.04. The molecule has 50 heavy (non-hydrogen) atoms. The molecule has 256 valence electrons. The van der Waals surface area contributed by atoms with Gasteiger partial charge in [0.1, 0.15) is 11.5 Å². The summed E-state index contributed by atoms with van der Waals surface area (Å²) in [6.45, 7) is 1.29. The first-order chi connectivity index (χ1) is 24.1. The number of methoxy groups -OCH3 is 1. The highest BCUT2D eigenvalue weighted by Gasteiger charge is 2.40. The SMILES string of the molecule is COc1cc(C(=O)N2CCC=C(c3cccc(C(O)(C(=O)O)c4ccccc4)c3)C2)ccc1CNCC(O)c1ccc(O)c2[nH]c(=O)ccc12. The summed E-state index contributed by atoms with van der Waals surface area (Å²) >= 11 is 0. The van der Waals surface area contributed by atoms with Gasteiger partial charge in [-0.3, -0.25) is 9.59 Å². The largest absolute Gasteiger partial charge is 0.506 e. The highest BCUT2D eigenvalue weighted by atomic mass is 16.5. The van der Waals surface area contributed by atoms with Crippen molar-refractivity contribution in [3.05, 3.63) is 147 Å². The molecule has 0 fully saturated rings. The second kappa shape index (κ2) is 14.4. The number of pyridine rings is 1. The highest BCUT2D eigenvalue weighted by molar-refractivity contribution is 5.96. The molecule has 4 aromatic carbocycles. The molecule has 2 unspecified atom stereocenters. The lowest BCUT2D eigenvalue weighted by atomic mass is 9.84. The van der Waals surface area contributed by atoms with Crippen molar-refractivity contribution in [1.82, 2.24) is 15.2 Å². The first-order valence-electron chi connectivity index (χ1n) is 16.1. The lowest BCUT2D eigenvalue weighted by molar-refractivity contribution is -0.155. The number of carboxylic acid groups (broad SMARTS) is 1. The molecule has 1 aliphatic rings. The Morgan fingerprint density at radius 3 is 2.52 bits per heavy atom. The average Bonchev–Trinajstić information content (AvgIpc) is 3.15. The van der Waals surface area contributed by atoms with Crippen molar-refractivity contribution in [1.29, 1.82) is 0 Å². The van der Waals surface area contributed by atoms with E-state index in [2.05, 4.69) is 10.3 Å². The standard InChI is InChI=1S/C39H37N3O8/c1-50-34-20-25(12-13-26(34)21-40-22-33(44)30-14-16-32(43)36-31(30)15-17-35(45)41-36)37(46)42-18-6-8-27(23-42)24-7-5-11-29(19-24)39(49,38(47)48)28-9-3-2-4-10-28/h2-5,7-17,19-20,33,40,43-44,49H,6,18,21-23H2,1H3,(H,41,45)(H,47,48). The zero-order valence-corrected chi connectivity index (χ0v) is 27.3. The van der Waals surface area contributed by atoms with Crippen LogP contribution in [0.5, 0.6) is 11.5 Å². The molecular weight excluding hydrogens is 638 g/mol. The van der Waals surface area contributed by atoms with Crippen LogP contribution in [-0.2, 0) is 16.9 Å². The maximum absolute atomic E-state index is 13.7. The van der Waals surface area contributed by atoms with Gasteiger partial charge in [0.05, 0.1) is 18.7 Å². The van der Waals surface area contributed by atoms with Gasteiger partial charge in [0.15, 0.2) is 0 Å². The number of aliphatic hydroxyl groups is 2. The number of fused-ring (bicyclic) bond motifs is 1. The zero-order chi connectivity index (χ0) is 35.4. The first-order valence-corrected chi connectivity index (χ1v) is 16.1. The molecule has 0 saturated heterocycles. The fourth-order valence-corrected chi connectivity index (χ4v) is 6.37. The van der Waals surface area contributed by atoms with Crippen molar-refractivity contribution in [2.75, 3.05) is 26.7 Å². The van der Waals surface area contributed by atoms with E-state index >= 15 is 0 Å². The number of aliphatic carboxylic acids is 1. The number of benzene rings is 4. The van der Waals surface area contributed by atoms with Crippen LogP contribution in [-0.4, -0.2) is 68.9 Å². The Bertz CT molecular complexity index is 2150. The van der Waals surface area contributed by atoms with E-state index in [-0.39, 0.29) is 40.4 Å². The average molecular weight is 676 g/mol. The van der Waals surface area contributed by atoms with Gasteiger partial charge in [-0.15, -0.1) is 0 Å². The highest BCUT2D eigenvalue weighted by Crippen LogP contribution is 2.33. The molecule has 11 nitrogen and oxygen atoms in total. The van der Waals surface area contributed by atoms with E-state index < -0.39 is 17.7 Å². The maximum atomic E-state index is 13.7. The third kappa shape index (κ3) is 6.74. The van der Waals surface area contributed by atoms with Crippen LogP contribution in [0.25, 0.3) is 16.5 Å². The van der Waals surface area contributed by atoms with Crippen LogP contribution in [0, 0.1) is 0 Å². The molecule has 11 heteroatoms. The summed E-state index contributed by atoms with van der Waals surface area (Å²) < 4.78 is 5.62. The Kier molecular flexibility index (Phi) is 9.82. The summed E-state index contributed by atoms with van der Waals surface area (Å²) in [5, 5.41) is 46.2. The van der Waals surface area contributed by atoms with E-state index in [4.69, 9.17) is 4.74 Å². The van der Waals surface area contributed by atoms with Crippen LogP contribution in [0.1, 0.15) is 50.7 Å². The predicted molar refractivity (Wildman–Crippen MR) is 188 cm³/mol. The van der Waals surface area contributed by atoms with E-state index in [0.29, 0.717) is 53.9 Å². The second-order valence-electron chi connectivity index (χ2n) is 12.2. The van der Waals surface area contributed by atoms with Gasteiger partial charge in [-0.05, 0) is 59.0 Å². The molecule has 6 rings (SSSR count). The summed E-state index contributed by atoms with van der Waals surface area (Å²) in [7, 11) is 1.52. The molecule has 5 aromatic rings. The molecule has 0 aliphatic carbocycles. The van der Waals surface area contributed by atoms with Gasteiger partial charge in [-0.25, -0.2) is 4.79 Å². The van der Waals surface area contributed by atoms with Crippen LogP contribution in [0.15, 0.2) is 108 Å². The van der Waals surface area contributed by atoms with E-state index in [0.717, 1.165) is 11.1 Å². The molecular formula is C39H37N3O8. The number of rotatable bonds is 11. The maximum Gasteiger partial charge on any atom is 0.345 e. The molecule has 0 saturated carbocycles. The number of aromatic hydroxyl groups is 1. The Hall–Kier alpha value is -5.75. The number of carboxylic acids is 1. The topological polar surface area (TPSA) is 172 Å². The summed E-state index contributed by atoms with van der Waals surface area (Å²) in [6, 6.07) is 26.2. The minimum atomic E-state index is -2.24. The lowest BCUT2D eigenvalue weighted by Crippen LogP contribution is -2.37. The number of phenolic OH excluding ortho intramolecular Hbond substituents is 1. The molecule has 1 aromatic heterocycles. The summed E-state index contributed by atoms with van der Waals surface area (Å²) in [5.74, 6) is -1.16. The minimum absolute atomic E-state index is 0.0840. The number of H-pyrrole nitrogens is 1. The van der Waals surface area contributed by atoms with Gasteiger partial charge in [-0.2, -0.15) is 0 Å². The molecule has 2 heterocycles. The molecule has 0 spiro atoms. The normalized spacial score (nSPS) is 14.9. The summed E-state index contributed by atoms with van der Waals surface area (Å²) in [4.78, 5) is 42.1. The van der Waals surface area contributed by atoms with Crippen molar-refractivity contribution in [2.24, 2.45) is 0 Å². The zero-order valence-electron chi connectivity index (χ0n) is 27.3. The van der Waals surface area contributed by atoms with Crippen molar-refractivity contribution < 1.29 is 34.8 Å². The number of ether oxygens (including phenoxy) is 1. The number of carbonyl (C=O) groups excluding carboxylic acids is 1. The Labute approximate surface area is 287 Å². The third-order valence-electron chi connectivity index (χ3n) is 9.04. The number of aromatic nitrogens is 1. The van der Waals surface area contributed by atoms with Crippen LogP contribution < -0.4 is 15.6 Å². The second-order valence-corrected chi connectivity index (χ2v) is 12.2. The predicted octanol–water partition coefficient (Wildman–Crippen LogP) is 4.32. The van der Waals surface area contributed by atoms with Crippen LogP contribution in [0.3, 0.4) is 0 Å². The smallest absolute Gasteiger partial charge is 0.345 e. The van der Waals surface area contributed by atoms with Gasteiger partial charge >= 0.3 is 5.97 Å². The van der Waals surface area contributed by atoms with E-state index in [9.17, 15) is 34.8 Å². The van der Waals surface area contributed by atoms with E-state index in [1.165, 1.54) is 19.2 Å². The van der Waals surface area contributed by atoms with Crippen LogP contribution in [0.2, 0.25) is 0 Å². The Balaban J connectivity index is 1.13. The van der Waals surface area contributed by atoms with E-state index in [1.54, 1.807) is 83.8 Å². The molecule has 2 atom stereocenters. The first kappa shape index (κ1) is 34.1. The van der Waals surface area contributed by atoms with Gasteiger partial charge in [0.25, 0.3) is 5.91 Å². The summed E-state index contributed by atoms with van der Waals surface area (Å²) in [6.07, 6.45) is 1.69. The minimum Gasteiger partial charge on any atom is -0.506 e. The number of hydrogen-bond acceptors (Lipinski definition) is 8.